The Hall–Kier alpha value is -3.63. The Morgan fingerprint density at radius 3 is 2.62 bits per heavy atom. The number of hydrogen-bond donors (Lipinski definition) is 1. The van der Waals surface area contributed by atoms with Gasteiger partial charge in [-0.05, 0) is 39.0 Å². The lowest BCUT2D eigenvalue weighted by Gasteiger charge is -2.27. The van der Waals surface area contributed by atoms with Crippen molar-refractivity contribution < 1.29 is 18.6 Å². The minimum Gasteiger partial charge on any atom is -0.485 e. The van der Waals surface area contributed by atoms with E-state index in [1.54, 1.807) is 31.3 Å². The van der Waals surface area contributed by atoms with Crippen LogP contribution in [0.1, 0.15) is 43.8 Å². The summed E-state index contributed by atoms with van der Waals surface area (Å²) in [7, 11) is 0. The monoisotopic (exact) mass is 530 g/mol. The minimum atomic E-state index is -1.35. The van der Waals surface area contributed by atoms with Gasteiger partial charge in [-0.25, -0.2) is 13.8 Å². The van der Waals surface area contributed by atoms with Gasteiger partial charge in [-0.2, -0.15) is 0 Å². The highest BCUT2D eigenvalue weighted by Crippen LogP contribution is 2.30. The molecule has 0 fully saturated rings. The quantitative estimate of drug-likeness (QED) is 0.515. The standard InChI is InChI=1S/C26H25ClF2N4O4/c1-14-11-31-22(32-7-5-6-17(24(32)34)26(3,4)36)10-20(14)33-15(2)8-21(23(27)25(33)35)37-13-19-18(29)9-16(28)12-30-19/h5-12,14,20,36H,13H2,1-4H3/t14-,20?/m1/s1. The Balaban J connectivity index is 1.70. The summed E-state index contributed by atoms with van der Waals surface area (Å²) in [6.45, 7) is 6.24. The van der Waals surface area contributed by atoms with Crippen LogP contribution < -0.4 is 15.9 Å². The smallest absolute Gasteiger partial charge is 0.273 e. The first-order valence-electron chi connectivity index (χ1n) is 11.4. The lowest BCUT2D eigenvalue weighted by Crippen LogP contribution is -2.34. The highest BCUT2D eigenvalue weighted by atomic mass is 35.5. The first-order valence-corrected chi connectivity index (χ1v) is 11.8. The predicted octanol–water partition coefficient (Wildman–Crippen LogP) is 4.21. The maximum atomic E-state index is 13.9. The molecule has 0 amide bonds. The van der Waals surface area contributed by atoms with Crippen molar-refractivity contribution in [3.63, 3.8) is 0 Å². The molecule has 1 aliphatic heterocycles. The molecule has 0 bridgehead atoms. The van der Waals surface area contributed by atoms with Crippen molar-refractivity contribution in [1.82, 2.24) is 14.1 Å². The molecule has 194 valence electrons. The van der Waals surface area contributed by atoms with Gasteiger partial charge < -0.3 is 14.4 Å². The Labute approximate surface area is 216 Å². The third-order valence-corrected chi connectivity index (χ3v) is 6.39. The molecule has 11 heteroatoms. The third-order valence-electron chi connectivity index (χ3n) is 6.04. The molecule has 4 rings (SSSR count). The summed E-state index contributed by atoms with van der Waals surface area (Å²) in [5, 5.41) is 10.1. The number of aliphatic hydroxyl groups is 1. The zero-order valence-corrected chi connectivity index (χ0v) is 21.3. The molecule has 0 aromatic carbocycles. The molecule has 8 nitrogen and oxygen atoms in total. The normalized spacial score (nSPS) is 17.6. The lowest BCUT2D eigenvalue weighted by atomic mass is 9.99. The maximum absolute atomic E-state index is 13.9. The van der Waals surface area contributed by atoms with Crippen LogP contribution in [0.3, 0.4) is 0 Å². The molecule has 2 atom stereocenters. The number of hydrogen-bond acceptors (Lipinski definition) is 6. The van der Waals surface area contributed by atoms with E-state index in [0.29, 0.717) is 17.6 Å². The van der Waals surface area contributed by atoms with E-state index >= 15 is 0 Å². The summed E-state index contributed by atoms with van der Waals surface area (Å²) < 4.78 is 35.4. The molecular formula is C26H25ClF2N4O4. The second-order valence-corrected chi connectivity index (χ2v) is 9.70. The molecule has 0 aliphatic carbocycles. The Morgan fingerprint density at radius 1 is 1.22 bits per heavy atom. The highest BCUT2D eigenvalue weighted by Gasteiger charge is 2.27. The van der Waals surface area contributed by atoms with Gasteiger partial charge in [0.05, 0.1) is 17.8 Å². The van der Waals surface area contributed by atoms with Crippen LogP contribution in [-0.4, -0.2) is 25.4 Å². The van der Waals surface area contributed by atoms with E-state index in [-0.39, 0.29) is 34.6 Å². The molecule has 1 N–H and O–H groups in total. The Bertz CT molecular complexity index is 1540. The van der Waals surface area contributed by atoms with Crippen LogP contribution in [0.4, 0.5) is 8.78 Å². The van der Waals surface area contributed by atoms with Gasteiger partial charge in [0.15, 0.2) is 5.82 Å². The zero-order valence-electron chi connectivity index (χ0n) is 20.6. The van der Waals surface area contributed by atoms with E-state index in [1.165, 1.54) is 35.2 Å². The lowest BCUT2D eigenvalue weighted by molar-refractivity contribution is 0.0768. The maximum Gasteiger partial charge on any atom is 0.273 e. The van der Waals surface area contributed by atoms with E-state index < -0.39 is 34.4 Å². The fraction of sp³-hybridized carbons (Fsp3) is 0.308. The molecule has 0 radical (unpaired) electrons. The van der Waals surface area contributed by atoms with Gasteiger partial charge in [0, 0.05) is 41.7 Å². The number of aromatic nitrogens is 3. The summed E-state index contributed by atoms with van der Waals surface area (Å²) in [5.74, 6) is -1.60. The van der Waals surface area contributed by atoms with Crippen molar-refractivity contribution in [3.05, 3.63) is 97.1 Å². The first-order chi connectivity index (χ1) is 17.4. The second kappa shape index (κ2) is 10.0. The summed E-state index contributed by atoms with van der Waals surface area (Å²) in [6.07, 6.45) is 5.72. The second-order valence-electron chi connectivity index (χ2n) is 9.32. The van der Waals surface area contributed by atoms with Crippen LogP contribution in [-0.2, 0) is 12.2 Å². The SMILES string of the molecule is Cc1cc(OCc2ncc(F)cc2F)c(Cl)c(=O)n1C1C=C(n2cccc(C(C)(C)O)c2=O)N=C[C@H]1C. The molecule has 1 unspecified atom stereocenters. The van der Waals surface area contributed by atoms with Crippen molar-refractivity contribution in [3.8, 4) is 5.75 Å². The van der Waals surface area contributed by atoms with Crippen LogP contribution in [0, 0.1) is 24.5 Å². The number of nitrogens with zero attached hydrogens (tertiary/aromatic N) is 4. The number of pyridine rings is 3. The van der Waals surface area contributed by atoms with Crippen LogP contribution in [0.25, 0.3) is 5.82 Å². The molecule has 0 saturated heterocycles. The Morgan fingerprint density at radius 2 is 1.95 bits per heavy atom. The average molecular weight is 531 g/mol. The fourth-order valence-electron chi connectivity index (χ4n) is 4.09. The zero-order chi connectivity index (χ0) is 27.1. The van der Waals surface area contributed by atoms with E-state index in [2.05, 4.69) is 9.98 Å². The number of aryl methyl sites for hydroxylation is 1. The Kier molecular flexibility index (Phi) is 7.16. The van der Waals surface area contributed by atoms with E-state index in [1.807, 2.05) is 6.92 Å². The number of allylic oxidation sites excluding steroid dienone is 1. The van der Waals surface area contributed by atoms with Crippen LogP contribution in [0.2, 0.25) is 5.02 Å². The molecule has 4 heterocycles. The number of halogens is 3. The van der Waals surface area contributed by atoms with Gasteiger partial charge in [0.2, 0.25) is 0 Å². The highest BCUT2D eigenvalue weighted by molar-refractivity contribution is 6.31. The van der Waals surface area contributed by atoms with Gasteiger partial charge in [-0.3, -0.25) is 19.1 Å². The first kappa shape index (κ1) is 26.4. The molecule has 0 spiro atoms. The molecule has 1 aliphatic rings. The topological polar surface area (TPSA) is 98.7 Å². The molecule has 0 saturated carbocycles. The summed E-state index contributed by atoms with van der Waals surface area (Å²) in [6, 6.07) is 4.87. The fourth-order valence-corrected chi connectivity index (χ4v) is 4.29. The summed E-state index contributed by atoms with van der Waals surface area (Å²) in [4.78, 5) is 34.4. The molecule has 3 aromatic heterocycles. The largest absolute Gasteiger partial charge is 0.485 e. The van der Waals surface area contributed by atoms with Gasteiger partial charge in [0.1, 0.15) is 34.7 Å². The van der Waals surface area contributed by atoms with E-state index in [0.717, 1.165) is 6.20 Å². The van der Waals surface area contributed by atoms with E-state index in [4.69, 9.17) is 16.3 Å². The minimum absolute atomic E-state index is 0.0290. The van der Waals surface area contributed by atoms with Gasteiger partial charge in [0.25, 0.3) is 11.1 Å². The van der Waals surface area contributed by atoms with Gasteiger partial charge >= 0.3 is 0 Å². The van der Waals surface area contributed by atoms with Crippen molar-refractivity contribution in [2.24, 2.45) is 10.9 Å². The number of rotatable bonds is 6. The third kappa shape index (κ3) is 5.26. The van der Waals surface area contributed by atoms with Crippen molar-refractivity contribution in [1.29, 1.82) is 0 Å². The summed E-state index contributed by atoms with van der Waals surface area (Å²) >= 11 is 6.35. The van der Waals surface area contributed by atoms with Gasteiger partial charge in [-0.15, -0.1) is 0 Å². The van der Waals surface area contributed by atoms with E-state index in [9.17, 15) is 23.5 Å². The predicted molar refractivity (Wildman–Crippen MR) is 136 cm³/mol. The number of aliphatic imine (C=N–C) groups is 1. The molecule has 3 aromatic rings. The van der Waals surface area contributed by atoms with Crippen molar-refractivity contribution in [2.45, 2.75) is 45.9 Å². The van der Waals surface area contributed by atoms with Gasteiger partial charge in [-0.1, -0.05) is 18.5 Å². The number of ether oxygens (including phenoxy) is 1. The van der Waals surface area contributed by atoms with Crippen LogP contribution >= 0.6 is 11.6 Å². The van der Waals surface area contributed by atoms with Crippen LogP contribution in [0.15, 0.2) is 57.3 Å². The average Bonchev–Trinajstić information content (AvgIpc) is 2.82. The van der Waals surface area contributed by atoms with Crippen molar-refractivity contribution in [2.75, 3.05) is 0 Å². The van der Waals surface area contributed by atoms with Crippen LogP contribution in [0.5, 0.6) is 5.75 Å². The van der Waals surface area contributed by atoms with Crippen molar-refractivity contribution >= 4 is 23.6 Å². The summed E-state index contributed by atoms with van der Waals surface area (Å²) in [5.41, 5.74) is -1.77. The molecular weight excluding hydrogens is 506 g/mol. The molecule has 37 heavy (non-hydrogen) atoms.